The highest BCUT2D eigenvalue weighted by Gasteiger charge is 2.59. The Morgan fingerprint density at radius 1 is 0.909 bits per heavy atom. The van der Waals surface area contributed by atoms with Crippen molar-refractivity contribution in [2.24, 2.45) is 28.6 Å². The normalized spacial score (nSPS) is 48.0. The Labute approximate surface area is 132 Å². The number of rotatable bonds is 0. The zero-order chi connectivity index (χ0) is 15.7. The van der Waals surface area contributed by atoms with Gasteiger partial charge in [-0.05, 0) is 67.3 Å². The molecule has 5 atom stereocenters. The van der Waals surface area contributed by atoms with Gasteiger partial charge in [0.25, 0.3) is 0 Å². The minimum Gasteiger partial charge on any atom is -0.504 e. The Bertz CT molecular complexity index is 589. The van der Waals surface area contributed by atoms with Gasteiger partial charge in [-0.1, -0.05) is 13.8 Å². The Morgan fingerprint density at radius 2 is 1.64 bits per heavy atom. The summed E-state index contributed by atoms with van der Waals surface area (Å²) in [6.45, 7) is 4.46. The first-order valence-electron chi connectivity index (χ1n) is 8.87. The van der Waals surface area contributed by atoms with Gasteiger partial charge in [0, 0.05) is 18.3 Å². The van der Waals surface area contributed by atoms with Crippen molar-refractivity contribution >= 4 is 11.6 Å². The molecule has 0 saturated heterocycles. The maximum atomic E-state index is 12.4. The highest BCUT2D eigenvalue weighted by Crippen LogP contribution is 2.64. The number of ketones is 2. The third kappa shape index (κ3) is 1.63. The van der Waals surface area contributed by atoms with Crippen LogP contribution in [0, 0.1) is 28.6 Å². The average Bonchev–Trinajstić information content (AvgIpc) is 2.79. The molecule has 4 rings (SSSR count). The van der Waals surface area contributed by atoms with Crippen LogP contribution >= 0.6 is 0 Å². The summed E-state index contributed by atoms with van der Waals surface area (Å²) in [4.78, 5) is 24.2. The molecule has 4 aliphatic rings. The number of fused-ring (bicyclic) bond motifs is 5. The van der Waals surface area contributed by atoms with Crippen LogP contribution in [0.15, 0.2) is 11.3 Å². The van der Waals surface area contributed by atoms with Crippen LogP contribution in [0.5, 0.6) is 0 Å². The number of hydrogen-bond acceptors (Lipinski definition) is 3. The van der Waals surface area contributed by atoms with Crippen LogP contribution in [0.4, 0.5) is 0 Å². The van der Waals surface area contributed by atoms with E-state index in [1.165, 1.54) is 0 Å². The molecule has 0 heterocycles. The number of carbonyl (C=O) groups is 2. The molecule has 0 aromatic heterocycles. The summed E-state index contributed by atoms with van der Waals surface area (Å²) in [6.07, 6.45) is 7.13. The fraction of sp³-hybridized carbons (Fsp3) is 0.789. The zero-order valence-corrected chi connectivity index (χ0v) is 13.7. The van der Waals surface area contributed by atoms with Gasteiger partial charge in [0.2, 0.25) is 0 Å². The summed E-state index contributed by atoms with van der Waals surface area (Å²) in [6, 6.07) is 0. The van der Waals surface area contributed by atoms with Gasteiger partial charge in [-0.25, -0.2) is 0 Å². The van der Waals surface area contributed by atoms with Crippen LogP contribution in [-0.2, 0) is 9.59 Å². The lowest BCUT2D eigenvalue weighted by atomic mass is 9.47. The lowest BCUT2D eigenvalue weighted by Gasteiger charge is -2.56. The van der Waals surface area contributed by atoms with E-state index in [0.29, 0.717) is 30.0 Å². The fourth-order valence-corrected chi connectivity index (χ4v) is 6.46. The summed E-state index contributed by atoms with van der Waals surface area (Å²) < 4.78 is 0. The topological polar surface area (TPSA) is 54.4 Å². The van der Waals surface area contributed by atoms with E-state index in [2.05, 4.69) is 13.8 Å². The van der Waals surface area contributed by atoms with Crippen molar-refractivity contribution in [3.8, 4) is 0 Å². The van der Waals surface area contributed by atoms with Gasteiger partial charge in [0.15, 0.2) is 11.5 Å². The fourth-order valence-electron chi connectivity index (χ4n) is 6.46. The van der Waals surface area contributed by atoms with E-state index in [4.69, 9.17) is 0 Å². The number of aliphatic hydroxyl groups is 1. The van der Waals surface area contributed by atoms with E-state index < -0.39 is 0 Å². The molecule has 0 amide bonds. The molecular weight excluding hydrogens is 276 g/mol. The number of allylic oxidation sites excluding steroid dienone is 1. The predicted octanol–water partition coefficient (Wildman–Crippen LogP) is 3.97. The SMILES string of the molecule is C[C@]12CCC(=O)C(O)=C1CC[C@H]1[C@H]2CC[C@]2(C)C(=O)CC[C@H]12. The van der Waals surface area contributed by atoms with Crippen LogP contribution < -0.4 is 0 Å². The van der Waals surface area contributed by atoms with Crippen molar-refractivity contribution < 1.29 is 14.7 Å². The maximum absolute atomic E-state index is 12.4. The number of Topliss-reactive ketones (excluding diaryl/α,β-unsaturated/α-hetero) is 2. The molecule has 22 heavy (non-hydrogen) atoms. The van der Waals surface area contributed by atoms with Crippen molar-refractivity contribution in [1.29, 1.82) is 0 Å². The number of aliphatic hydroxyl groups excluding tert-OH is 1. The van der Waals surface area contributed by atoms with E-state index in [1.807, 2.05) is 0 Å². The zero-order valence-electron chi connectivity index (χ0n) is 13.7. The van der Waals surface area contributed by atoms with E-state index in [1.54, 1.807) is 0 Å². The second-order valence-electron chi connectivity index (χ2n) is 8.50. The molecule has 0 unspecified atom stereocenters. The first-order valence-corrected chi connectivity index (χ1v) is 8.87. The lowest BCUT2D eigenvalue weighted by Crippen LogP contribution is -2.51. The summed E-state index contributed by atoms with van der Waals surface area (Å²) in [5, 5.41) is 10.3. The second-order valence-corrected chi connectivity index (χ2v) is 8.50. The molecular formula is C19H26O3. The van der Waals surface area contributed by atoms with Crippen molar-refractivity contribution in [3.63, 3.8) is 0 Å². The molecule has 120 valence electrons. The molecule has 3 heteroatoms. The third-order valence-corrected chi connectivity index (χ3v) is 7.80. The molecule has 0 spiro atoms. The minimum atomic E-state index is -0.0920. The smallest absolute Gasteiger partial charge is 0.197 e. The van der Waals surface area contributed by atoms with Crippen molar-refractivity contribution in [1.82, 2.24) is 0 Å². The summed E-state index contributed by atoms with van der Waals surface area (Å²) >= 11 is 0. The third-order valence-electron chi connectivity index (χ3n) is 7.80. The van der Waals surface area contributed by atoms with Gasteiger partial charge in [-0.2, -0.15) is 0 Å². The van der Waals surface area contributed by atoms with E-state index in [0.717, 1.165) is 50.5 Å². The van der Waals surface area contributed by atoms with Crippen LogP contribution in [0.2, 0.25) is 0 Å². The Hall–Kier alpha value is -1.12. The van der Waals surface area contributed by atoms with E-state index in [9.17, 15) is 14.7 Å². The van der Waals surface area contributed by atoms with E-state index >= 15 is 0 Å². The van der Waals surface area contributed by atoms with Gasteiger partial charge >= 0.3 is 0 Å². The van der Waals surface area contributed by atoms with Crippen LogP contribution in [-0.4, -0.2) is 16.7 Å². The predicted molar refractivity (Wildman–Crippen MR) is 83.3 cm³/mol. The molecule has 4 aliphatic carbocycles. The van der Waals surface area contributed by atoms with E-state index in [-0.39, 0.29) is 22.4 Å². The molecule has 3 fully saturated rings. The summed E-state index contributed by atoms with van der Waals surface area (Å²) in [5.41, 5.74) is 0.914. The Kier molecular flexibility index (Phi) is 2.93. The van der Waals surface area contributed by atoms with Gasteiger partial charge in [0.1, 0.15) is 5.78 Å². The average molecular weight is 302 g/mol. The molecule has 0 aromatic carbocycles. The van der Waals surface area contributed by atoms with Crippen LogP contribution in [0.1, 0.15) is 65.2 Å². The van der Waals surface area contributed by atoms with Gasteiger partial charge < -0.3 is 5.11 Å². The first kappa shape index (κ1) is 14.5. The number of carbonyl (C=O) groups excluding carboxylic acids is 2. The summed E-state index contributed by atoms with van der Waals surface area (Å²) in [7, 11) is 0. The standard InChI is InChI=1S/C19H26O3/c1-18-10-8-15(20)17(22)14(18)4-3-11-12-5-6-16(21)19(12,2)9-7-13(11)18/h11-13,22H,3-10H2,1-2H3/t11-,12-,13-,18-,19+/m1/s1. The minimum absolute atomic E-state index is 0.0200. The molecule has 0 radical (unpaired) electrons. The second kappa shape index (κ2) is 4.46. The van der Waals surface area contributed by atoms with Crippen LogP contribution in [0.25, 0.3) is 0 Å². The molecule has 0 aromatic rings. The number of hydrogen-bond donors (Lipinski definition) is 1. The highest BCUT2D eigenvalue weighted by molar-refractivity contribution is 5.95. The molecule has 0 bridgehead atoms. The highest BCUT2D eigenvalue weighted by atomic mass is 16.3. The molecule has 1 N–H and O–H groups in total. The quantitative estimate of drug-likeness (QED) is 0.736. The monoisotopic (exact) mass is 302 g/mol. The van der Waals surface area contributed by atoms with Crippen LogP contribution in [0.3, 0.4) is 0 Å². The Balaban J connectivity index is 1.73. The van der Waals surface area contributed by atoms with Crippen molar-refractivity contribution in [3.05, 3.63) is 11.3 Å². The largest absolute Gasteiger partial charge is 0.504 e. The maximum Gasteiger partial charge on any atom is 0.197 e. The molecule has 3 saturated carbocycles. The summed E-state index contributed by atoms with van der Waals surface area (Å²) in [5.74, 6) is 2.14. The Morgan fingerprint density at radius 3 is 2.41 bits per heavy atom. The van der Waals surface area contributed by atoms with Gasteiger partial charge in [0.05, 0.1) is 0 Å². The van der Waals surface area contributed by atoms with Gasteiger partial charge in [-0.3, -0.25) is 9.59 Å². The molecule has 0 aliphatic heterocycles. The molecule has 3 nitrogen and oxygen atoms in total. The van der Waals surface area contributed by atoms with Crippen molar-refractivity contribution in [2.45, 2.75) is 65.2 Å². The lowest BCUT2D eigenvalue weighted by molar-refractivity contribution is -0.133. The first-order chi connectivity index (χ1) is 10.4. The van der Waals surface area contributed by atoms with Gasteiger partial charge in [-0.15, -0.1) is 0 Å². The van der Waals surface area contributed by atoms with Crippen molar-refractivity contribution in [2.75, 3.05) is 0 Å².